The number of nitrogens with zero attached hydrogens (tertiary/aromatic N) is 1. The number of nitriles is 1. The van der Waals surface area contributed by atoms with Crippen LogP contribution in [0.5, 0.6) is 0 Å². The highest BCUT2D eigenvalue weighted by molar-refractivity contribution is 6.77. The van der Waals surface area contributed by atoms with Crippen LogP contribution in [-0.4, -0.2) is 13.8 Å². The molecule has 0 aromatic carbocycles. The number of alkyl halides is 1. The van der Waals surface area contributed by atoms with Crippen LogP contribution in [0.1, 0.15) is 12.7 Å². The Labute approximate surface area is 95.7 Å². The summed E-state index contributed by atoms with van der Waals surface area (Å²) in [6.07, 6.45) is 1.53. The Morgan fingerprint density at radius 2 is 2.33 bits per heavy atom. The molecule has 0 spiro atoms. The molecule has 5 heteroatoms. The Kier molecular flexibility index (Phi) is 3.61. The molecule has 0 amide bonds. The number of hydrogen-bond acceptors (Lipinski definition) is 3. The van der Waals surface area contributed by atoms with Crippen molar-refractivity contribution < 1.29 is 8.84 Å². The van der Waals surface area contributed by atoms with E-state index in [-0.39, 0.29) is 0 Å². The second-order valence-electron chi connectivity index (χ2n) is 4.12. The molecule has 1 rings (SSSR count). The molecule has 1 aromatic heterocycles. The van der Waals surface area contributed by atoms with Gasteiger partial charge in [-0.25, -0.2) is 0 Å². The highest BCUT2D eigenvalue weighted by atomic mass is 35.5. The van der Waals surface area contributed by atoms with Gasteiger partial charge >= 0.3 is 0 Å². The number of rotatable bonds is 4. The van der Waals surface area contributed by atoms with Gasteiger partial charge in [0.05, 0.1) is 6.26 Å². The summed E-state index contributed by atoms with van der Waals surface area (Å²) in [5.41, 5.74) is -0.584. The second kappa shape index (κ2) is 4.39. The highest BCUT2D eigenvalue weighted by Crippen LogP contribution is 2.29. The summed E-state index contributed by atoms with van der Waals surface area (Å²) in [4.78, 5) is 0. The van der Waals surface area contributed by atoms with Gasteiger partial charge in [-0.15, -0.1) is 11.6 Å². The van der Waals surface area contributed by atoms with Gasteiger partial charge in [-0.1, -0.05) is 0 Å². The van der Waals surface area contributed by atoms with Crippen LogP contribution >= 0.6 is 11.6 Å². The van der Waals surface area contributed by atoms with E-state index in [0.717, 1.165) is 0 Å². The molecule has 0 N–H and O–H groups in total. The van der Waals surface area contributed by atoms with Crippen LogP contribution in [0, 0.1) is 11.3 Å². The lowest BCUT2D eigenvalue weighted by molar-refractivity contribution is 0.113. The minimum Gasteiger partial charge on any atom is -0.465 e. The van der Waals surface area contributed by atoms with E-state index < -0.39 is 13.9 Å². The standard InChI is InChI=1S/C10H14ClNO2Si/c1-10(7-12,9-5-4-6-13-9)14-15(2,3)8-11/h4-6H,8H2,1-3H3. The van der Waals surface area contributed by atoms with E-state index in [2.05, 4.69) is 6.07 Å². The molecular weight excluding hydrogens is 230 g/mol. The van der Waals surface area contributed by atoms with E-state index in [4.69, 9.17) is 25.7 Å². The third-order valence-electron chi connectivity index (χ3n) is 2.01. The molecule has 1 heterocycles. The van der Waals surface area contributed by atoms with Crippen LogP contribution < -0.4 is 0 Å². The van der Waals surface area contributed by atoms with Gasteiger partial charge in [0, 0.05) is 5.50 Å². The average Bonchev–Trinajstić information content (AvgIpc) is 2.70. The summed E-state index contributed by atoms with van der Waals surface area (Å²) >= 11 is 5.81. The molecule has 82 valence electrons. The summed E-state index contributed by atoms with van der Waals surface area (Å²) in [6.45, 7) is 5.64. The summed E-state index contributed by atoms with van der Waals surface area (Å²) < 4.78 is 11.0. The molecular formula is C10H14ClNO2Si. The fourth-order valence-electron chi connectivity index (χ4n) is 1.26. The normalized spacial score (nSPS) is 15.7. The van der Waals surface area contributed by atoms with Crippen LogP contribution in [0.2, 0.25) is 13.1 Å². The third kappa shape index (κ3) is 2.85. The van der Waals surface area contributed by atoms with Crippen molar-refractivity contribution in [2.24, 2.45) is 0 Å². The Hall–Kier alpha value is -0.763. The molecule has 0 radical (unpaired) electrons. The molecule has 0 aliphatic carbocycles. The van der Waals surface area contributed by atoms with E-state index >= 15 is 0 Å². The SMILES string of the molecule is CC(C#N)(O[Si](C)(C)CCl)c1ccco1. The molecule has 0 bridgehead atoms. The molecule has 1 unspecified atom stereocenters. The largest absolute Gasteiger partial charge is 0.465 e. The van der Waals surface area contributed by atoms with Crippen LogP contribution in [0.3, 0.4) is 0 Å². The summed E-state index contributed by atoms with van der Waals surface area (Å²) in [5.74, 6) is 0.524. The summed E-state index contributed by atoms with van der Waals surface area (Å²) in [7, 11) is -2.01. The molecule has 0 saturated carbocycles. The van der Waals surface area contributed by atoms with Crippen molar-refractivity contribution in [2.45, 2.75) is 25.6 Å². The van der Waals surface area contributed by atoms with E-state index in [1.54, 1.807) is 19.1 Å². The van der Waals surface area contributed by atoms with Crippen molar-refractivity contribution >= 4 is 19.9 Å². The zero-order valence-electron chi connectivity index (χ0n) is 9.08. The van der Waals surface area contributed by atoms with Crippen molar-refractivity contribution in [2.75, 3.05) is 5.50 Å². The second-order valence-corrected chi connectivity index (χ2v) is 8.91. The maximum atomic E-state index is 9.16. The van der Waals surface area contributed by atoms with Crippen LogP contribution in [0.15, 0.2) is 22.8 Å². The van der Waals surface area contributed by atoms with E-state index in [9.17, 15) is 0 Å². The Morgan fingerprint density at radius 1 is 1.67 bits per heavy atom. The lowest BCUT2D eigenvalue weighted by Crippen LogP contribution is -2.42. The maximum Gasteiger partial charge on any atom is 0.203 e. The first-order chi connectivity index (χ1) is 6.93. The van der Waals surface area contributed by atoms with Gasteiger partial charge in [-0.05, 0) is 32.2 Å². The van der Waals surface area contributed by atoms with Gasteiger partial charge in [-0.3, -0.25) is 0 Å². The monoisotopic (exact) mass is 243 g/mol. The number of halogens is 1. The predicted octanol–water partition coefficient (Wildman–Crippen LogP) is 3.02. The summed E-state index contributed by atoms with van der Waals surface area (Å²) in [5, 5.41) is 9.16. The highest BCUT2D eigenvalue weighted by Gasteiger charge is 2.37. The van der Waals surface area contributed by atoms with Gasteiger partial charge in [-0.2, -0.15) is 5.26 Å². The first kappa shape index (κ1) is 12.3. The van der Waals surface area contributed by atoms with E-state index in [1.807, 2.05) is 13.1 Å². The number of hydrogen-bond donors (Lipinski definition) is 0. The minimum atomic E-state index is -2.01. The molecule has 1 atom stereocenters. The maximum absolute atomic E-state index is 9.16. The average molecular weight is 244 g/mol. The Morgan fingerprint density at radius 3 is 2.73 bits per heavy atom. The fraction of sp³-hybridized carbons (Fsp3) is 0.500. The molecule has 1 aromatic rings. The topological polar surface area (TPSA) is 46.2 Å². The third-order valence-corrected chi connectivity index (χ3v) is 5.54. The molecule has 15 heavy (non-hydrogen) atoms. The lowest BCUT2D eigenvalue weighted by Gasteiger charge is -2.29. The van der Waals surface area contributed by atoms with Crippen molar-refractivity contribution in [3.8, 4) is 6.07 Å². The Bertz CT molecular complexity index is 358. The van der Waals surface area contributed by atoms with Crippen LogP contribution in [-0.2, 0) is 10.0 Å². The first-order valence-corrected chi connectivity index (χ1v) is 8.30. The van der Waals surface area contributed by atoms with Crippen molar-refractivity contribution in [1.29, 1.82) is 5.26 Å². The van der Waals surface area contributed by atoms with E-state index in [1.165, 1.54) is 6.26 Å². The lowest BCUT2D eigenvalue weighted by atomic mass is 10.1. The first-order valence-electron chi connectivity index (χ1n) is 4.65. The zero-order valence-corrected chi connectivity index (χ0v) is 10.8. The quantitative estimate of drug-likeness (QED) is 0.603. The van der Waals surface area contributed by atoms with Gasteiger partial charge in [0.1, 0.15) is 11.8 Å². The Balaban J connectivity index is 2.94. The van der Waals surface area contributed by atoms with E-state index in [0.29, 0.717) is 11.3 Å². The summed E-state index contributed by atoms with van der Waals surface area (Å²) in [6, 6.07) is 5.61. The molecule has 0 aliphatic heterocycles. The van der Waals surface area contributed by atoms with Crippen molar-refractivity contribution in [3.05, 3.63) is 24.2 Å². The van der Waals surface area contributed by atoms with Crippen LogP contribution in [0.4, 0.5) is 0 Å². The van der Waals surface area contributed by atoms with Gasteiger partial charge in [0.15, 0.2) is 5.60 Å². The molecule has 0 aliphatic rings. The predicted molar refractivity (Wildman–Crippen MR) is 61.0 cm³/mol. The molecule has 0 saturated heterocycles. The van der Waals surface area contributed by atoms with Gasteiger partial charge in [0.25, 0.3) is 0 Å². The van der Waals surface area contributed by atoms with Gasteiger partial charge in [0.2, 0.25) is 8.32 Å². The van der Waals surface area contributed by atoms with Gasteiger partial charge < -0.3 is 8.84 Å². The molecule has 3 nitrogen and oxygen atoms in total. The minimum absolute atomic E-state index is 0.449. The zero-order chi connectivity index (χ0) is 11.5. The van der Waals surface area contributed by atoms with Crippen molar-refractivity contribution in [1.82, 2.24) is 0 Å². The smallest absolute Gasteiger partial charge is 0.203 e. The number of furan rings is 1. The molecule has 0 fully saturated rings. The van der Waals surface area contributed by atoms with Crippen LogP contribution in [0.25, 0.3) is 0 Å². The van der Waals surface area contributed by atoms with Crippen molar-refractivity contribution in [3.63, 3.8) is 0 Å². The fourth-order valence-corrected chi connectivity index (χ4v) is 2.73.